The highest BCUT2D eigenvalue weighted by atomic mass is 16.5. The summed E-state index contributed by atoms with van der Waals surface area (Å²) in [6.07, 6.45) is 1.68. The molecule has 0 amide bonds. The van der Waals surface area contributed by atoms with E-state index in [0.29, 0.717) is 17.7 Å². The Morgan fingerprint density at radius 1 is 1.21 bits per heavy atom. The fourth-order valence-electron chi connectivity index (χ4n) is 1.72. The zero-order valence-electron chi connectivity index (χ0n) is 11.8. The molecule has 19 heavy (non-hydrogen) atoms. The summed E-state index contributed by atoms with van der Waals surface area (Å²) < 4.78 is 5.85. The van der Waals surface area contributed by atoms with E-state index in [4.69, 9.17) is 4.74 Å². The Kier molecular flexibility index (Phi) is 4.00. The number of anilines is 1. The maximum atomic E-state index is 5.85. The molecule has 0 saturated carbocycles. The molecule has 1 heterocycles. The van der Waals surface area contributed by atoms with Gasteiger partial charge in [0.1, 0.15) is 5.75 Å². The quantitative estimate of drug-likeness (QED) is 0.906. The number of rotatable bonds is 4. The van der Waals surface area contributed by atoms with Gasteiger partial charge in [-0.25, -0.2) is 4.98 Å². The van der Waals surface area contributed by atoms with E-state index in [2.05, 4.69) is 47.3 Å². The summed E-state index contributed by atoms with van der Waals surface area (Å²) in [4.78, 5) is 8.32. The Balaban J connectivity index is 2.29. The van der Waals surface area contributed by atoms with Crippen molar-refractivity contribution < 1.29 is 4.74 Å². The van der Waals surface area contributed by atoms with Gasteiger partial charge in [-0.2, -0.15) is 4.98 Å². The lowest BCUT2D eigenvalue weighted by Crippen LogP contribution is -1.98. The van der Waals surface area contributed by atoms with Crippen LogP contribution >= 0.6 is 0 Å². The molecule has 0 spiro atoms. The van der Waals surface area contributed by atoms with E-state index in [1.807, 2.05) is 6.92 Å². The van der Waals surface area contributed by atoms with Crippen molar-refractivity contribution >= 4 is 5.95 Å². The van der Waals surface area contributed by atoms with Gasteiger partial charge in [-0.3, -0.25) is 0 Å². The number of hydrogen-bond acceptors (Lipinski definition) is 4. The zero-order chi connectivity index (χ0) is 13.8. The Labute approximate surface area is 113 Å². The van der Waals surface area contributed by atoms with Crippen molar-refractivity contribution in [2.45, 2.75) is 26.7 Å². The molecule has 0 aliphatic carbocycles. The van der Waals surface area contributed by atoms with E-state index in [1.165, 1.54) is 5.56 Å². The third kappa shape index (κ3) is 3.22. The predicted molar refractivity (Wildman–Crippen MR) is 76.9 cm³/mol. The molecule has 0 unspecified atom stereocenters. The first-order chi connectivity index (χ1) is 9.10. The minimum Gasteiger partial charge on any atom is -0.439 e. The van der Waals surface area contributed by atoms with Crippen LogP contribution in [0, 0.1) is 6.92 Å². The van der Waals surface area contributed by atoms with Crippen molar-refractivity contribution in [1.29, 1.82) is 0 Å². The molecule has 4 heteroatoms. The molecule has 1 N–H and O–H groups in total. The van der Waals surface area contributed by atoms with Crippen molar-refractivity contribution in [3.63, 3.8) is 0 Å². The number of aryl methyl sites for hydroxylation is 1. The summed E-state index contributed by atoms with van der Waals surface area (Å²) in [7, 11) is 1.78. The van der Waals surface area contributed by atoms with Gasteiger partial charge < -0.3 is 10.1 Å². The van der Waals surface area contributed by atoms with Gasteiger partial charge in [-0.15, -0.1) is 0 Å². The van der Waals surface area contributed by atoms with Crippen LogP contribution in [0.4, 0.5) is 5.95 Å². The lowest BCUT2D eigenvalue weighted by molar-refractivity contribution is 0.458. The van der Waals surface area contributed by atoms with Crippen LogP contribution < -0.4 is 10.1 Å². The maximum Gasteiger partial charge on any atom is 0.225 e. The fraction of sp³-hybridized carbons (Fsp3) is 0.333. The van der Waals surface area contributed by atoms with Gasteiger partial charge >= 0.3 is 0 Å². The van der Waals surface area contributed by atoms with Crippen molar-refractivity contribution in [2.75, 3.05) is 12.4 Å². The Morgan fingerprint density at radius 3 is 2.68 bits per heavy atom. The highest BCUT2D eigenvalue weighted by Crippen LogP contribution is 2.27. The van der Waals surface area contributed by atoms with Crippen LogP contribution in [-0.4, -0.2) is 17.0 Å². The lowest BCUT2D eigenvalue weighted by Gasteiger charge is -2.12. The first kappa shape index (κ1) is 13.3. The van der Waals surface area contributed by atoms with Gasteiger partial charge in [0.2, 0.25) is 11.8 Å². The number of nitrogens with one attached hydrogen (secondary N) is 1. The van der Waals surface area contributed by atoms with Gasteiger partial charge in [0.05, 0.1) is 0 Å². The highest BCUT2D eigenvalue weighted by Gasteiger charge is 2.07. The van der Waals surface area contributed by atoms with E-state index in [0.717, 1.165) is 11.3 Å². The van der Waals surface area contributed by atoms with E-state index in [1.54, 1.807) is 19.3 Å². The number of aromatic nitrogens is 2. The minimum absolute atomic E-state index is 0.473. The van der Waals surface area contributed by atoms with Gasteiger partial charge in [-0.05, 0) is 30.0 Å². The molecule has 2 aromatic rings. The van der Waals surface area contributed by atoms with Gasteiger partial charge in [0, 0.05) is 19.3 Å². The number of nitrogens with zero attached hydrogens (tertiary/aromatic N) is 2. The molecular formula is C15H19N3O. The summed E-state index contributed by atoms with van der Waals surface area (Å²) in [6, 6.07) is 8.03. The zero-order valence-corrected chi connectivity index (χ0v) is 11.8. The largest absolute Gasteiger partial charge is 0.439 e. The normalized spacial score (nSPS) is 10.6. The van der Waals surface area contributed by atoms with Crippen LogP contribution in [0.25, 0.3) is 0 Å². The molecule has 0 saturated heterocycles. The molecule has 0 fully saturated rings. The molecule has 1 aromatic carbocycles. The molecular weight excluding hydrogens is 238 g/mol. The standard InChI is InChI=1S/C15H19N3O/c1-10(2)12-6-5-11(3)13(9-12)19-14-7-8-17-15(16-4)18-14/h5-10H,1-4H3,(H,16,17,18). The summed E-state index contributed by atoms with van der Waals surface area (Å²) in [6.45, 7) is 6.36. The average molecular weight is 257 g/mol. The first-order valence-corrected chi connectivity index (χ1v) is 6.39. The second-order valence-corrected chi connectivity index (χ2v) is 4.75. The summed E-state index contributed by atoms with van der Waals surface area (Å²) >= 11 is 0. The Morgan fingerprint density at radius 2 is 2.00 bits per heavy atom. The number of ether oxygens (including phenoxy) is 1. The van der Waals surface area contributed by atoms with Crippen molar-refractivity contribution in [2.24, 2.45) is 0 Å². The second-order valence-electron chi connectivity index (χ2n) is 4.75. The average Bonchev–Trinajstić information content (AvgIpc) is 2.41. The van der Waals surface area contributed by atoms with E-state index in [-0.39, 0.29) is 0 Å². The third-order valence-corrected chi connectivity index (χ3v) is 2.95. The highest BCUT2D eigenvalue weighted by molar-refractivity contribution is 5.40. The van der Waals surface area contributed by atoms with Crippen LogP contribution in [0.2, 0.25) is 0 Å². The van der Waals surface area contributed by atoms with Crippen molar-refractivity contribution in [3.05, 3.63) is 41.6 Å². The number of hydrogen-bond donors (Lipinski definition) is 1. The lowest BCUT2D eigenvalue weighted by atomic mass is 10.0. The fourth-order valence-corrected chi connectivity index (χ4v) is 1.72. The topological polar surface area (TPSA) is 47.0 Å². The SMILES string of the molecule is CNc1nccc(Oc2cc(C(C)C)ccc2C)n1. The molecule has 0 aliphatic rings. The Hall–Kier alpha value is -2.10. The minimum atomic E-state index is 0.473. The molecule has 0 aliphatic heterocycles. The molecule has 2 rings (SSSR count). The van der Waals surface area contributed by atoms with E-state index < -0.39 is 0 Å². The van der Waals surface area contributed by atoms with Crippen LogP contribution in [0.5, 0.6) is 11.6 Å². The summed E-state index contributed by atoms with van der Waals surface area (Å²) in [5, 5.41) is 2.90. The van der Waals surface area contributed by atoms with Crippen LogP contribution in [-0.2, 0) is 0 Å². The molecule has 0 atom stereocenters. The third-order valence-electron chi connectivity index (χ3n) is 2.95. The predicted octanol–water partition coefficient (Wildman–Crippen LogP) is 3.74. The summed E-state index contributed by atoms with van der Waals surface area (Å²) in [5.41, 5.74) is 2.34. The van der Waals surface area contributed by atoms with E-state index >= 15 is 0 Å². The maximum absolute atomic E-state index is 5.85. The molecule has 4 nitrogen and oxygen atoms in total. The van der Waals surface area contributed by atoms with Crippen LogP contribution in [0.1, 0.15) is 30.9 Å². The van der Waals surface area contributed by atoms with E-state index in [9.17, 15) is 0 Å². The molecule has 0 bridgehead atoms. The number of benzene rings is 1. The monoisotopic (exact) mass is 257 g/mol. The summed E-state index contributed by atoms with van der Waals surface area (Å²) in [5.74, 6) is 2.41. The smallest absolute Gasteiger partial charge is 0.225 e. The van der Waals surface area contributed by atoms with Gasteiger partial charge in [-0.1, -0.05) is 26.0 Å². The molecule has 100 valence electrons. The van der Waals surface area contributed by atoms with Gasteiger partial charge in [0.15, 0.2) is 0 Å². The van der Waals surface area contributed by atoms with Crippen molar-refractivity contribution in [3.8, 4) is 11.6 Å². The van der Waals surface area contributed by atoms with Crippen LogP contribution in [0.3, 0.4) is 0 Å². The molecule has 0 radical (unpaired) electrons. The van der Waals surface area contributed by atoms with Gasteiger partial charge in [0.25, 0.3) is 0 Å². The first-order valence-electron chi connectivity index (χ1n) is 6.39. The van der Waals surface area contributed by atoms with Crippen LogP contribution in [0.15, 0.2) is 30.5 Å². The second kappa shape index (κ2) is 5.69. The molecule has 1 aromatic heterocycles. The Bertz CT molecular complexity index is 567. The van der Waals surface area contributed by atoms with Crippen molar-refractivity contribution in [1.82, 2.24) is 9.97 Å².